The van der Waals surface area contributed by atoms with Crippen LogP contribution in [0.5, 0.6) is 5.75 Å². The van der Waals surface area contributed by atoms with Gasteiger partial charge in [-0.05, 0) is 30.5 Å². The van der Waals surface area contributed by atoms with E-state index in [4.69, 9.17) is 4.74 Å². The van der Waals surface area contributed by atoms with Crippen LogP contribution in [0.4, 0.5) is 5.13 Å². The predicted molar refractivity (Wildman–Crippen MR) is 80.9 cm³/mol. The zero-order valence-corrected chi connectivity index (χ0v) is 12.4. The largest absolute Gasteiger partial charge is 0.493 e. The lowest BCUT2D eigenvalue weighted by Gasteiger charge is -2.14. The molecule has 1 atom stereocenters. The summed E-state index contributed by atoms with van der Waals surface area (Å²) in [4.78, 5) is 4.23. The van der Waals surface area contributed by atoms with Gasteiger partial charge in [0, 0.05) is 11.6 Å². The van der Waals surface area contributed by atoms with E-state index in [0.29, 0.717) is 5.92 Å². The topological polar surface area (TPSA) is 34.1 Å². The lowest BCUT2D eigenvalue weighted by Crippen LogP contribution is -2.07. The minimum absolute atomic E-state index is 0.241. The fraction of sp³-hybridized carbons (Fsp3) is 0.400. The van der Waals surface area contributed by atoms with E-state index in [0.717, 1.165) is 17.5 Å². The number of ether oxygens (including phenoxy) is 1. The Kier molecular flexibility index (Phi) is 4.80. The van der Waals surface area contributed by atoms with Gasteiger partial charge >= 0.3 is 0 Å². The third-order valence-corrected chi connectivity index (χ3v) is 3.44. The second-order valence-corrected chi connectivity index (χ2v) is 5.87. The van der Waals surface area contributed by atoms with Crippen LogP contribution in [0.2, 0.25) is 0 Å². The summed E-state index contributed by atoms with van der Waals surface area (Å²) >= 11 is 1.61. The van der Waals surface area contributed by atoms with E-state index >= 15 is 0 Å². The Morgan fingerprint density at radius 3 is 2.53 bits per heavy atom. The standard InChI is InChI=1S/C15H20N2OS/c1-11(2)10-18-14-6-4-13(5-7-14)12(3)17-15-16-8-9-19-15/h4-9,11-12H,10H2,1-3H3,(H,16,17). The Hall–Kier alpha value is -1.55. The quantitative estimate of drug-likeness (QED) is 0.851. The van der Waals surface area contributed by atoms with Crippen molar-refractivity contribution in [2.45, 2.75) is 26.8 Å². The summed E-state index contributed by atoms with van der Waals surface area (Å²) in [5.41, 5.74) is 1.23. The van der Waals surface area contributed by atoms with Gasteiger partial charge in [0.15, 0.2) is 5.13 Å². The molecule has 0 amide bonds. The molecule has 1 N–H and O–H groups in total. The van der Waals surface area contributed by atoms with Crippen LogP contribution in [0.3, 0.4) is 0 Å². The highest BCUT2D eigenvalue weighted by molar-refractivity contribution is 7.13. The Balaban J connectivity index is 1.93. The molecule has 2 aromatic rings. The molecule has 0 radical (unpaired) electrons. The second-order valence-electron chi connectivity index (χ2n) is 4.98. The number of hydrogen-bond donors (Lipinski definition) is 1. The highest BCUT2D eigenvalue weighted by atomic mass is 32.1. The predicted octanol–water partition coefficient (Wildman–Crippen LogP) is 4.35. The van der Waals surface area contributed by atoms with Crippen LogP contribution >= 0.6 is 11.3 Å². The van der Waals surface area contributed by atoms with E-state index in [9.17, 15) is 0 Å². The molecular weight excluding hydrogens is 256 g/mol. The molecule has 2 rings (SSSR count). The number of anilines is 1. The van der Waals surface area contributed by atoms with Crippen molar-refractivity contribution in [1.82, 2.24) is 4.98 Å². The molecule has 3 nitrogen and oxygen atoms in total. The molecule has 0 fully saturated rings. The molecule has 0 saturated carbocycles. The van der Waals surface area contributed by atoms with E-state index in [1.165, 1.54) is 5.56 Å². The number of rotatable bonds is 6. The van der Waals surface area contributed by atoms with Crippen molar-refractivity contribution in [2.75, 3.05) is 11.9 Å². The van der Waals surface area contributed by atoms with Gasteiger partial charge in [-0.25, -0.2) is 4.98 Å². The normalized spacial score (nSPS) is 12.4. The highest BCUT2D eigenvalue weighted by Crippen LogP contribution is 2.22. The van der Waals surface area contributed by atoms with E-state index in [1.54, 1.807) is 11.3 Å². The summed E-state index contributed by atoms with van der Waals surface area (Å²) < 4.78 is 5.68. The second kappa shape index (κ2) is 6.57. The van der Waals surface area contributed by atoms with Crippen molar-refractivity contribution in [3.05, 3.63) is 41.4 Å². The van der Waals surface area contributed by atoms with Gasteiger partial charge in [-0.15, -0.1) is 11.3 Å². The van der Waals surface area contributed by atoms with Gasteiger partial charge in [-0.1, -0.05) is 26.0 Å². The van der Waals surface area contributed by atoms with Crippen molar-refractivity contribution in [1.29, 1.82) is 0 Å². The number of benzene rings is 1. The van der Waals surface area contributed by atoms with E-state index in [1.807, 2.05) is 23.7 Å². The van der Waals surface area contributed by atoms with Crippen molar-refractivity contribution in [3.63, 3.8) is 0 Å². The molecular formula is C15H20N2OS. The number of nitrogens with zero attached hydrogens (tertiary/aromatic N) is 1. The molecule has 0 aliphatic heterocycles. The third kappa shape index (κ3) is 4.24. The smallest absolute Gasteiger partial charge is 0.183 e. The van der Waals surface area contributed by atoms with Crippen LogP contribution in [0.1, 0.15) is 32.4 Å². The number of nitrogens with one attached hydrogen (secondary N) is 1. The molecule has 1 aromatic carbocycles. The van der Waals surface area contributed by atoms with Crippen LogP contribution in [-0.4, -0.2) is 11.6 Å². The van der Waals surface area contributed by atoms with Crippen LogP contribution < -0.4 is 10.1 Å². The maximum atomic E-state index is 5.68. The number of thiazole rings is 1. The summed E-state index contributed by atoms with van der Waals surface area (Å²) in [6, 6.07) is 8.49. The Labute approximate surface area is 118 Å². The van der Waals surface area contributed by atoms with Crippen LogP contribution in [0, 0.1) is 5.92 Å². The third-order valence-electron chi connectivity index (χ3n) is 2.74. The Bertz CT molecular complexity index is 479. The summed E-state index contributed by atoms with van der Waals surface area (Å²) in [5.74, 6) is 1.48. The highest BCUT2D eigenvalue weighted by Gasteiger charge is 2.07. The summed E-state index contributed by atoms with van der Waals surface area (Å²) in [6.07, 6.45) is 1.81. The van der Waals surface area contributed by atoms with Crippen molar-refractivity contribution in [3.8, 4) is 5.75 Å². The van der Waals surface area contributed by atoms with E-state index in [2.05, 4.69) is 43.2 Å². The maximum Gasteiger partial charge on any atom is 0.183 e. The minimum Gasteiger partial charge on any atom is -0.493 e. The van der Waals surface area contributed by atoms with Crippen LogP contribution in [-0.2, 0) is 0 Å². The molecule has 0 spiro atoms. The lowest BCUT2D eigenvalue weighted by molar-refractivity contribution is 0.271. The van der Waals surface area contributed by atoms with Gasteiger partial charge in [0.2, 0.25) is 0 Å². The van der Waals surface area contributed by atoms with Crippen molar-refractivity contribution < 1.29 is 4.74 Å². The molecule has 0 bridgehead atoms. The first-order chi connectivity index (χ1) is 9.15. The SMILES string of the molecule is CC(C)COc1ccc(C(C)Nc2nccs2)cc1. The van der Waals surface area contributed by atoms with Gasteiger partial charge in [-0.3, -0.25) is 0 Å². The van der Waals surface area contributed by atoms with Crippen LogP contribution in [0.25, 0.3) is 0 Å². The van der Waals surface area contributed by atoms with Gasteiger partial charge in [0.1, 0.15) is 5.75 Å². The lowest BCUT2D eigenvalue weighted by atomic mass is 10.1. The van der Waals surface area contributed by atoms with Crippen LogP contribution in [0.15, 0.2) is 35.8 Å². The fourth-order valence-corrected chi connectivity index (χ4v) is 2.30. The van der Waals surface area contributed by atoms with Gasteiger partial charge in [-0.2, -0.15) is 0 Å². The summed E-state index contributed by atoms with van der Waals surface area (Å²) in [7, 11) is 0. The van der Waals surface area contributed by atoms with Gasteiger partial charge in [0.05, 0.1) is 12.6 Å². The zero-order chi connectivity index (χ0) is 13.7. The average Bonchev–Trinajstić information content (AvgIpc) is 2.89. The maximum absolute atomic E-state index is 5.68. The number of hydrogen-bond acceptors (Lipinski definition) is 4. The Morgan fingerprint density at radius 1 is 1.21 bits per heavy atom. The summed E-state index contributed by atoms with van der Waals surface area (Å²) in [5, 5.41) is 6.30. The average molecular weight is 276 g/mol. The first-order valence-electron chi connectivity index (χ1n) is 6.54. The number of aromatic nitrogens is 1. The monoisotopic (exact) mass is 276 g/mol. The van der Waals surface area contributed by atoms with E-state index < -0.39 is 0 Å². The van der Waals surface area contributed by atoms with Gasteiger partial charge in [0.25, 0.3) is 0 Å². The van der Waals surface area contributed by atoms with E-state index in [-0.39, 0.29) is 6.04 Å². The molecule has 0 aliphatic carbocycles. The molecule has 1 heterocycles. The first kappa shape index (κ1) is 13.9. The molecule has 0 saturated heterocycles. The fourth-order valence-electron chi connectivity index (χ4n) is 1.68. The molecule has 4 heteroatoms. The molecule has 0 aliphatic rings. The Morgan fingerprint density at radius 2 is 1.95 bits per heavy atom. The molecule has 1 unspecified atom stereocenters. The first-order valence-corrected chi connectivity index (χ1v) is 7.42. The molecule has 1 aromatic heterocycles. The molecule has 102 valence electrons. The van der Waals surface area contributed by atoms with Crippen molar-refractivity contribution in [2.24, 2.45) is 5.92 Å². The summed E-state index contributed by atoms with van der Waals surface area (Å²) in [6.45, 7) is 7.18. The minimum atomic E-state index is 0.241. The van der Waals surface area contributed by atoms with Gasteiger partial charge < -0.3 is 10.1 Å². The zero-order valence-electron chi connectivity index (χ0n) is 11.6. The molecule has 19 heavy (non-hydrogen) atoms. The van der Waals surface area contributed by atoms with Crippen molar-refractivity contribution >= 4 is 16.5 Å².